The summed E-state index contributed by atoms with van der Waals surface area (Å²) in [5.41, 5.74) is -4.95. The van der Waals surface area contributed by atoms with Crippen LogP contribution in [0.2, 0.25) is 0 Å². The normalized spacial score (nSPS) is 18.7. The number of benzene rings is 3. The lowest BCUT2D eigenvalue weighted by Gasteiger charge is -2.34. The van der Waals surface area contributed by atoms with E-state index in [9.17, 15) is 9.59 Å². The van der Waals surface area contributed by atoms with E-state index in [-0.39, 0.29) is 57.5 Å². The van der Waals surface area contributed by atoms with Crippen LogP contribution in [0.1, 0.15) is 63.1 Å². The minimum absolute atomic E-state index is 0.0859. The zero-order chi connectivity index (χ0) is 36.7. The van der Waals surface area contributed by atoms with Gasteiger partial charge in [-0.05, 0) is 12.1 Å². The summed E-state index contributed by atoms with van der Waals surface area (Å²) in [4.78, 5) is 24.7. The van der Waals surface area contributed by atoms with Crippen LogP contribution in [0.5, 0.6) is 0 Å². The molecule has 6 rings (SSSR count). The summed E-state index contributed by atoms with van der Waals surface area (Å²) in [5.74, 6) is -15.3. The molecular weight excluding hydrogens is 692 g/mol. The maximum absolute atomic E-state index is 16.0. The van der Waals surface area contributed by atoms with E-state index >= 15 is 35.1 Å². The molecule has 0 spiro atoms. The summed E-state index contributed by atoms with van der Waals surface area (Å²) >= 11 is 0. The summed E-state index contributed by atoms with van der Waals surface area (Å²) in [7, 11) is 0. The molecule has 272 valence electrons. The molecule has 0 radical (unpaired) electrons. The number of carbonyl (C=O) groups is 2. The quantitative estimate of drug-likeness (QED) is 0.145. The smallest absolute Gasteiger partial charge is 0.302 e. The Bertz CT molecular complexity index is 1820. The van der Waals surface area contributed by atoms with Crippen molar-refractivity contribution in [3.8, 4) is 0 Å². The largest absolute Gasteiger partial charge is 0.462 e. The highest BCUT2D eigenvalue weighted by Crippen LogP contribution is 2.44. The maximum Gasteiger partial charge on any atom is 0.302 e. The summed E-state index contributed by atoms with van der Waals surface area (Å²) in [6.07, 6.45) is -1.34. The number of ether oxygens (including phenoxy) is 2. The van der Waals surface area contributed by atoms with Crippen LogP contribution in [0.4, 0.5) is 52.2 Å². The molecule has 3 heterocycles. The third-order valence-electron chi connectivity index (χ3n) is 9.25. The first-order valence-corrected chi connectivity index (χ1v) is 16.3. The van der Waals surface area contributed by atoms with Crippen molar-refractivity contribution in [3.05, 3.63) is 88.0 Å². The van der Waals surface area contributed by atoms with Gasteiger partial charge < -0.3 is 19.3 Å². The van der Waals surface area contributed by atoms with Gasteiger partial charge in [-0.2, -0.15) is 5.10 Å². The van der Waals surface area contributed by atoms with Gasteiger partial charge >= 0.3 is 11.9 Å². The third-order valence-corrected chi connectivity index (χ3v) is 9.25. The first kappa shape index (κ1) is 35.9. The van der Waals surface area contributed by atoms with E-state index in [2.05, 4.69) is 5.10 Å². The lowest BCUT2D eigenvalue weighted by Crippen LogP contribution is -2.39. The fourth-order valence-corrected chi connectivity index (χ4v) is 6.93. The highest BCUT2D eigenvalue weighted by atomic mass is 19.2. The number of piperidine rings is 2. The molecule has 3 aromatic carbocycles. The average Bonchev–Trinajstić information content (AvgIpc) is 3.52. The van der Waals surface area contributed by atoms with Gasteiger partial charge in [0.25, 0.3) is 0 Å². The highest BCUT2D eigenvalue weighted by molar-refractivity contribution is 6.04. The molecule has 0 aliphatic carbocycles. The number of halogens is 8. The van der Waals surface area contributed by atoms with Crippen molar-refractivity contribution in [2.24, 2.45) is 5.10 Å². The second kappa shape index (κ2) is 14.4. The summed E-state index contributed by atoms with van der Waals surface area (Å²) in [6.45, 7) is 2.04. The molecule has 3 aliphatic rings. The van der Waals surface area contributed by atoms with Gasteiger partial charge in [0.15, 0.2) is 46.5 Å². The Hall–Kier alpha value is -4.89. The minimum atomic E-state index is -1.83. The Morgan fingerprint density at radius 3 is 1.45 bits per heavy atom. The Morgan fingerprint density at radius 1 is 0.627 bits per heavy atom. The number of esters is 2. The maximum atomic E-state index is 16.0. The molecule has 2 saturated heterocycles. The number of hydrogen-bond donors (Lipinski definition) is 0. The zero-order valence-corrected chi connectivity index (χ0v) is 27.4. The Kier molecular flexibility index (Phi) is 10.1. The molecule has 1 atom stereocenters. The van der Waals surface area contributed by atoms with E-state index in [4.69, 9.17) is 9.47 Å². The van der Waals surface area contributed by atoms with Crippen molar-refractivity contribution >= 4 is 34.7 Å². The molecule has 0 bridgehead atoms. The van der Waals surface area contributed by atoms with Crippen LogP contribution in [0.3, 0.4) is 0 Å². The van der Waals surface area contributed by atoms with Crippen LogP contribution in [0.15, 0.2) is 35.4 Å². The van der Waals surface area contributed by atoms with Crippen molar-refractivity contribution in [2.45, 2.75) is 64.2 Å². The van der Waals surface area contributed by atoms with E-state index in [1.54, 1.807) is 6.07 Å². The number of carbonyl (C=O) groups excluding carboxylic acids is 2. The molecule has 0 N–H and O–H groups in total. The summed E-state index contributed by atoms with van der Waals surface area (Å²) in [5, 5.41) is 4.98. The number of hydrazone groups is 1. The standard InChI is InChI=1S/C35H32F8N4O4/c1-17(48)50-20-8-12-45(13-9-20)34-30(40)26(36)24(27(37)31(34)41)22-16-23(47(44-22)19-6-4-3-5-7-19)25-28(38)32(42)35(33(43)29(25)39)46-14-10-21(11-15-46)51-18(2)49/h3-7,20-21,23H,8-16H2,1-2H3. The van der Waals surface area contributed by atoms with Crippen molar-refractivity contribution in [1.29, 1.82) is 0 Å². The molecule has 3 aromatic rings. The lowest BCUT2D eigenvalue weighted by molar-refractivity contribution is -0.148. The molecule has 8 nitrogen and oxygen atoms in total. The summed E-state index contributed by atoms with van der Waals surface area (Å²) < 4.78 is 136. The molecule has 0 amide bonds. The second-order valence-electron chi connectivity index (χ2n) is 12.5. The van der Waals surface area contributed by atoms with Gasteiger partial charge in [-0.25, -0.2) is 35.1 Å². The predicted octanol–water partition coefficient (Wildman–Crippen LogP) is 7.22. The third kappa shape index (κ3) is 6.79. The second-order valence-corrected chi connectivity index (χ2v) is 12.5. The van der Waals surface area contributed by atoms with Crippen LogP contribution in [0, 0.1) is 46.5 Å². The number of hydrogen-bond acceptors (Lipinski definition) is 8. The number of nitrogens with zero attached hydrogens (tertiary/aromatic N) is 4. The Labute approximate surface area is 287 Å². The van der Waals surface area contributed by atoms with Crippen molar-refractivity contribution in [1.82, 2.24) is 0 Å². The fourth-order valence-electron chi connectivity index (χ4n) is 6.93. The number of para-hydroxylation sites is 1. The van der Waals surface area contributed by atoms with Gasteiger partial charge in [0, 0.05) is 72.1 Å². The van der Waals surface area contributed by atoms with Crippen molar-refractivity contribution in [2.75, 3.05) is 41.0 Å². The van der Waals surface area contributed by atoms with Crippen molar-refractivity contribution in [3.63, 3.8) is 0 Å². The van der Waals surface area contributed by atoms with Crippen molar-refractivity contribution < 1.29 is 54.2 Å². The highest BCUT2D eigenvalue weighted by Gasteiger charge is 2.42. The van der Waals surface area contributed by atoms with Crippen LogP contribution in [-0.4, -0.2) is 56.0 Å². The number of rotatable bonds is 7. The van der Waals surface area contributed by atoms with Gasteiger partial charge in [-0.15, -0.1) is 0 Å². The Morgan fingerprint density at radius 2 is 1.04 bits per heavy atom. The lowest BCUT2D eigenvalue weighted by atomic mass is 9.94. The van der Waals surface area contributed by atoms with Gasteiger partial charge in [0.05, 0.1) is 28.6 Å². The minimum Gasteiger partial charge on any atom is -0.462 e. The van der Waals surface area contributed by atoms with Gasteiger partial charge in [-0.1, -0.05) is 18.2 Å². The molecule has 0 aromatic heterocycles. The fraction of sp³-hybridized carbons (Fsp3) is 0.400. The van der Waals surface area contributed by atoms with Gasteiger partial charge in [0.2, 0.25) is 0 Å². The average molecular weight is 725 g/mol. The molecule has 2 fully saturated rings. The molecule has 0 saturated carbocycles. The van der Waals surface area contributed by atoms with E-state index < -0.39 is 111 Å². The van der Waals surface area contributed by atoms with Gasteiger partial charge in [0.1, 0.15) is 23.6 Å². The van der Waals surface area contributed by atoms with Gasteiger partial charge in [-0.3, -0.25) is 14.6 Å². The zero-order valence-electron chi connectivity index (χ0n) is 27.4. The van der Waals surface area contributed by atoms with Crippen LogP contribution >= 0.6 is 0 Å². The van der Waals surface area contributed by atoms with Crippen LogP contribution in [-0.2, 0) is 19.1 Å². The molecule has 16 heteroatoms. The first-order valence-electron chi connectivity index (χ1n) is 16.3. The summed E-state index contributed by atoms with van der Waals surface area (Å²) in [6, 6.07) is 5.63. The van der Waals surface area contributed by atoms with Crippen LogP contribution < -0.4 is 14.8 Å². The molecule has 51 heavy (non-hydrogen) atoms. The van der Waals surface area contributed by atoms with E-state index in [1.807, 2.05) is 0 Å². The predicted molar refractivity (Wildman–Crippen MR) is 169 cm³/mol. The Balaban J connectivity index is 1.36. The monoisotopic (exact) mass is 724 g/mol. The van der Waals surface area contributed by atoms with E-state index in [0.717, 1.165) is 14.8 Å². The van der Waals surface area contributed by atoms with Crippen LogP contribution in [0.25, 0.3) is 0 Å². The SMILES string of the molecule is CC(=O)OC1CCN(c2c(F)c(F)c(C3=NN(c4ccccc4)C(c4c(F)c(F)c(N5CCC(OC(C)=O)CC5)c(F)c4F)C3)c(F)c2F)CC1. The number of anilines is 3. The molecule has 3 aliphatic heterocycles. The molecule has 1 unspecified atom stereocenters. The molecular formula is C35H32F8N4O4. The van der Waals surface area contributed by atoms with E-state index in [1.165, 1.54) is 38.1 Å². The first-order chi connectivity index (χ1) is 24.3. The van der Waals surface area contributed by atoms with E-state index in [0.29, 0.717) is 0 Å². The topological polar surface area (TPSA) is 74.7 Å².